The molecule has 1 fully saturated rings. The number of methoxy groups -OCH3 is 1. The first-order chi connectivity index (χ1) is 7.76. The average Bonchev–Trinajstić information content (AvgIpc) is 2.29. The van der Waals surface area contributed by atoms with Crippen molar-refractivity contribution in [3.05, 3.63) is 0 Å². The number of rotatable bonds is 6. The summed E-state index contributed by atoms with van der Waals surface area (Å²) in [5.74, 6) is 1.10. The minimum Gasteiger partial charge on any atom is -0.383 e. The Bertz CT molecular complexity index is 196. The van der Waals surface area contributed by atoms with Crippen molar-refractivity contribution in [2.24, 2.45) is 5.92 Å². The number of amides is 1. The molecule has 0 spiro atoms. The molecule has 1 N–H and O–H groups in total. The topological polar surface area (TPSA) is 38.3 Å². The first-order valence-electron chi connectivity index (χ1n) is 6.10. The van der Waals surface area contributed by atoms with Crippen LogP contribution >= 0.6 is 11.6 Å². The second-order valence-electron chi connectivity index (χ2n) is 4.58. The van der Waals surface area contributed by atoms with Gasteiger partial charge in [0.25, 0.3) is 0 Å². The van der Waals surface area contributed by atoms with Crippen LogP contribution in [-0.2, 0) is 9.53 Å². The average molecular weight is 248 g/mol. The molecule has 1 rings (SSSR count). The second-order valence-corrected chi connectivity index (χ2v) is 4.89. The number of alkyl halides is 1. The fraction of sp³-hybridized carbons (Fsp3) is 0.917. The molecule has 0 heterocycles. The normalized spacial score (nSPS) is 19.4. The van der Waals surface area contributed by atoms with Crippen LogP contribution in [0.15, 0.2) is 0 Å². The van der Waals surface area contributed by atoms with Gasteiger partial charge in [-0.1, -0.05) is 19.3 Å². The van der Waals surface area contributed by atoms with Crippen LogP contribution in [0.3, 0.4) is 0 Å². The van der Waals surface area contributed by atoms with Crippen LogP contribution in [-0.4, -0.2) is 31.5 Å². The van der Waals surface area contributed by atoms with Gasteiger partial charge < -0.3 is 10.1 Å². The third-order valence-corrected chi connectivity index (χ3v) is 3.49. The van der Waals surface area contributed by atoms with Crippen molar-refractivity contribution in [1.29, 1.82) is 0 Å². The lowest BCUT2D eigenvalue weighted by Gasteiger charge is -2.22. The number of hydrogen-bond donors (Lipinski definition) is 1. The second kappa shape index (κ2) is 7.91. The van der Waals surface area contributed by atoms with E-state index in [4.69, 9.17) is 16.3 Å². The quantitative estimate of drug-likeness (QED) is 0.732. The predicted octanol–water partition coefficient (Wildman–Crippen LogP) is 2.33. The molecule has 0 aromatic carbocycles. The zero-order chi connectivity index (χ0) is 11.8. The lowest BCUT2D eigenvalue weighted by Crippen LogP contribution is -2.40. The Labute approximate surface area is 103 Å². The summed E-state index contributed by atoms with van der Waals surface area (Å²) in [4.78, 5) is 11.7. The largest absolute Gasteiger partial charge is 0.383 e. The lowest BCUT2D eigenvalue weighted by atomic mass is 9.87. The molecule has 0 aromatic heterocycles. The number of nitrogens with one attached hydrogen (secondary N) is 1. The number of carbonyl (C=O) groups excluding carboxylic acids is 1. The molecule has 4 heteroatoms. The van der Waals surface area contributed by atoms with Crippen molar-refractivity contribution in [2.75, 3.05) is 19.6 Å². The van der Waals surface area contributed by atoms with Crippen molar-refractivity contribution in [3.8, 4) is 0 Å². The first-order valence-corrected chi connectivity index (χ1v) is 6.64. The van der Waals surface area contributed by atoms with Crippen LogP contribution in [0.5, 0.6) is 0 Å². The van der Waals surface area contributed by atoms with Gasteiger partial charge in [0, 0.05) is 19.4 Å². The van der Waals surface area contributed by atoms with Crippen molar-refractivity contribution in [3.63, 3.8) is 0 Å². The van der Waals surface area contributed by atoms with Gasteiger partial charge in [-0.15, -0.1) is 11.6 Å². The van der Waals surface area contributed by atoms with Gasteiger partial charge in [-0.3, -0.25) is 4.79 Å². The molecule has 1 saturated carbocycles. The summed E-state index contributed by atoms with van der Waals surface area (Å²) in [6.45, 7) is 0.486. The van der Waals surface area contributed by atoms with E-state index in [2.05, 4.69) is 5.32 Å². The number of ether oxygens (including phenoxy) is 1. The predicted molar refractivity (Wildman–Crippen MR) is 65.7 cm³/mol. The summed E-state index contributed by atoms with van der Waals surface area (Å²) in [5, 5.41) is 2.92. The molecule has 0 aromatic rings. The minimum absolute atomic E-state index is 0.0530. The summed E-state index contributed by atoms with van der Waals surface area (Å²) >= 11 is 5.74. The molecule has 1 unspecified atom stereocenters. The van der Waals surface area contributed by atoms with Crippen molar-refractivity contribution < 1.29 is 9.53 Å². The molecule has 1 aliphatic carbocycles. The van der Waals surface area contributed by atoms with Gasteiger partial charge >= 0.3 is 0 Å². The maximum absolute atomic E-state index is 11.7. The molecule has 0 bridgehead atoms. The standard InChI is InChI=1S/C12H22ClNO2/c1-16-9-11(8-13)14-12(15)7-10-5-3-2-4-6-10/h10-11H,2-9H2,1H3,(H,14,15). The highest BCUT2D eigenvalue weighted by molar-refractivity contribution is 6.18. The third kappa shape index (κ3) is 5.17. The number of hydrogen-bond acceptors (Lipinski definition) is 2. The van der Waals surface area contributed by atoms with Crippen LogP contribution in [0.1, 0.15) is 38.5 Å². The molecular weight excluding hydrogens is 226 g/mol. The van der Waals surface area contributed by atoms with Gasteiger partial charge in [0.1, 0.15) is 0 Å². The first kappa shape index (κ1) is 13.8. The lowest BCUT2D eigenvalue weighted by molar-refractivity contribution is -0.123. The number of halogens is 1. The summed E-state index contributed by atoms with van der Waals surface area (Å²) in [6, 6.07) is -0.0530. The minimum atomic E-state index is -0.0530. The number of carbonyl (C=O) groups is 1. The van der Waals surface area contributed by atoms with E-state index >= 15 is 0 Å². The smallest absolute Gasteiger partial charge is 0.220 e. The molecule has 94 valence electrons. The van der Waals surface area contributed by atoms with Crippen LogP contribution in [0.25, 0.3) is 0 Å². The van der Waals surface area contributed by atoms with E-state index in [1.807, 2.05) is 0 Å². The van der Waals surface area contributed by atoms with Crippen molar-refractivity contribution >= 4 is 17.5 Å². The summed E-state index contributed by atoms with van der Waals surface area (Å²) in [5.41, 5.74) is 0. The van der Waals surface area contributed by atoms with E-state index in [-0.39, 0.29) is 11.9 Å². The molecular formula is C12H22ClNO2. The fourth-order valence-electron chi connectivity index (χ4n) is 2.27. The molecule has 0 saturated heterocycles. The van der Waals surface area contributed by atoms with E-state index in [0.717, 1.165) is 0 Å². The van der Waals surface area contributed by atoms with Crippen LogP contribution in [0.2, 0.25) is 0 Å². The molecule has 1 amide bonds. The van der Waals surface area contributed by atoms with Gasteiger partial charge in [-0.05, 0) is 18.8 Å². The van der Waals surface area contributed by atoms with E-state index in [9.17, 15) is 4.79 Å². The fourth-order valence-corrected chi connectivity index (χ4v) is 2.43. The van der Waals surface area contributed by atoms with E-state index < -0.39 is 0 Å². The summed E-state index contributed by atoms with van der Waals surface area (Å²) < 4.78 is 4.99. The van der Waals surface area contributed by atoms with Gasteiger partial charge in [-0.2, -0.15) is 0 Å². The third-order valence-electron chi connectivity index (χ3n) is 3.12. The molecule has 1 aliphatic rings. The van der Waals surface area contributed by atoms with Crippen LogP contribution < -0.4 is 5.32 Å². The van der Waals surface area contributed by atoms with Crippen LogP contribution in [0, 0.1) is 5.92 Å². The van der Waals surface area contributed by atoms with Gasteiger partial charge in [0.15, 0.2) is 0 Å². The monoisotopic (exact) mass is 247 g/mol. The maximum Gasteiger partial charge on any atom is 0.220 e. The highest BCUT2D eigenvalue weighted by Gasteiger charge is 2.18. The Kier molecular flexibility index (Phi) is 6.81. The maximum atomic E-state index is 11.7. The molecule has 0 radical (unpaired) electrons. The summed E-state index contributed by atoms with van der Waals surface area (Å²) in [6.07, 6.45) is 6.92. The van der Waals surface area contributed by atoms with E-state index in [1.165, 1.54) is 32.1 Å². The SMILES string of the molecule is COCC(CCl)NC(=O)CC1CCCCC1. The molecule has 0 aliphatic heterocycles. The van der Waals surface area contributed by atoms with Crippen LogP contribution in [0.4, 0.5) is 0 Å². The Morgan fingerprint density at radius 1 is 1.44 bits per heavy atom. The zero-order valence-corrected chi connectivity index (χ0v) is 10.8. The highest BCUT2D eigenvalue weighted by Crippen LogP contribution is 2.26. The Hall–Kier alpha value is -0.280. The molecule has 3 nitrogen and oxygen atoms in total. The van der Waals surface area contributed by atoms with Gasteiger partial charge in [0.2, 0.25) is 5.91 Å². The Morgan fingerprint density at radius 2 is 2.12 bits per heavy atom. The van der Waals surface area contributed by atoms with Gasteiger partial charge in [-0.25, -0.2) is 0 Å². The zero-order valence-electron chi connectivity index (χ0n) is 10.0. The summed E-state index contributed by atoms with van der Waals surface area (Å²) in [7, 11) is 1.62. The van der Waals surface area contributed by atoms with E-state index in [1.54, 1.807) is 7.11 Å². The van der Waals surface area contributed by atoms with E-state index in [0.29, 0.717) is 24.8 Å². The van der Waals surface area contributed by atoms with Gasteiger partial charge in [0.05, 0.1) is 12.6 Å². The highest BCUT2D eigenvalue weighted by atomic mass is 35.5. The van der Waals surface area contributed by atoms with Crippen molar-refractivity contribution in [1.82, 2.24) is 5.32 Å². The molecule has 1 atom stereocenters. The van der Waals surface area contributed by atoms with Crippen molar-refractivity contribution in [2.45, 2.75) is 44.6 Å². The Balaban J connectivity index is 2.22. The Morgan fingerprint density at radius 3 is 2.69 bits per heavy atom. The molecule has 16 heavy (non-hydrogen) atoms.